The van der Waals surface area contributed by atoms with Crippen molar-refractivity contribution in [3.8, 4) is 0 Å². The minimum atomic E-state index is -4.15. The number of nitrogens with one attached hydrogen (secondary N) is 2. The number of hydrogen-bond acceptors (Lipinski definition) is 4. The molecule has 0 saturated carbocycles. The van der Waals surface area contributed by atoms with E-state index in [4.69, 9.17) is 11.6 Å². The van der Waals surface area contributed by atoms with E-state index >= 15 is 0 Å². The fraction of sp³-hybridized carbons (Fsp3) is 0.111. The van der Waals surface area contributed by atoms with E-state index in [-0.39, 0.29) is 22.3 Å². The summed E-state index contributed by atoms with van der Waals surface area (Å²) in [6.07, 6.45) is 1.36. The van der Waals surface area contributed by atoms with Gasteiger partial charge in [0.1, 0.15) is 5.82 Å². The zero-order valence-corrected chi connectivity index (χ0v) is 17.4. The van der Waals surface area contributed by atoms with Crippen LogP contribution in [0, 0.1) is 5.82 Å². The van der Waals surface area contributed by atoms with Gasteiger partial charge in [0.25, 0.3) is 15.9 Å². The lowest BCUT2D eigenvalue weighted by Gasteiger charge is -2.11. The minimum Gasteiger partial charge on any atom is -0.351 e. The molecule has 28 heavy (non-hydrogen) atoms. The van der Waals surface area contributed by atoms with Crippen LogP contribution in [-0.2, 0) is 19.6 Å². The second kappa shape index (κ2) is 9.81. The summed E-state index contributed by atoms with van der Waals surface area (Å²) in [4.78, 5) is 23.9. The van der Waals surface area contributed by atoms with Crippen LogP contribution < -0.4 is 10.0 Å². The third kappa shape index (κ3) is 6.43. The standard InChI is InChI=1S/C18H15BrClFN2O4S/c19-10-17(24)22-11-13(9-12-1-5-15(21)6-2-12)18(25)23-28(26,27)16-7-3-14(20)4-8-16/h1-9H,10-11H2,(H,22,24)(H,23,25)/b13-9+. The Morgan fingerprint density at radius 3 is 2.25 bits per heavy atom. The van der Waals surface area contributed by atoms with Gasteiger partial charge >= 0.3 is 0 Å². The van der Waals surface area contributed by atoms with Crippen LogP contribution in [0.1, 0.15) is 5.56 Å². The normalized spacial score (nSPS) is 11.8. The lowest BCUT2D eigenvalue weighted by atomic mass is 10.1. The highest BCUT2D eigenvalue weighted by Gasteiger charge is 2.20. The number of rotatable bonds is 7. The zero-order valence-electron chi connectivity index (χ0n) is 14.3. The number of amides is 2. The Morgan fingerprint density at radius 2 is 1.68 bits per heavy atom. The summed E-state index contributed by atoms with van der Waals surface area (Å²) in [6.45, 7) is -0.218. The Morgan fingerprint density at radius 1 is 1.07 bits per heavy atom. The van der Waals surface area contributed by atoms with Crippen molar-refractivity contribution in [3.63, 3.8) is 0 Å². The minimum absolute atomic E-state index is 0.0154. The summed E-state index contributed by atoms with van der Waals surface area (Å²) >= 11 is 8.72. The molecule has 2 aromatic carbocycles. The molecule has 0 fully saturated rings. The first-order chi connectivity index (χ1) is 13.2. The highest BCUT2D eigenvalue weighted by Crippen LogP contribution is 2.15. The first kappa shape index (κ1) is 22.1. The highest BCUT2D eigenvalue weighted by atomic mass is 79.9. The van der Waals surface area contributed by atoms with Gasteiger partial charge in [-0.3, -0.25) is 9.59 Å². The molecule has 6 nitrogen and oxygen atoms in total. The van der Waals surface area contributed by atoms with E-state index < -0.39 is 27.7 Å². The van der Waals surface area contributed by atoms with Gasteiger partial charge in [-0.2, -0.15) is 0 Å². The quantitative estimate of drug-likeness (QED) is 0.462. The third-order valence-electron chi connectivity index (χ3n) is 3.45. The molecular formula is C18H15BrClFN2O4S. The monoisotopic (exact) mass is 488 g/mol. The fourth-order valence-corrected chi connectivity index (χ4v) is 3.37. The molecule has 2 amide bonds. The molecule has 0 aliphatic rings. The van der Waals surface area contributed by atoms with Gasteiger partial charge < -0.3 is 5.32 Å². The van der Waals surface area contributed by atoms with Crippen LogP contribution in [0.25, 0.3) is 6.08 Å². The van der Waals surface area contributed by atoms with Crippen molar-refractivity contribution in [2.75, 3.05) is 11.9 Å². The van der Waals surface area contributed by atoms with Crippen molar-refractivity contribution < 1.29 is 22.4 Å². The summed E-state index contributed by atoms with van der Waals surface area (Å²) in [6, 6.07) is 10.5. The van der Waals surface area contributed by atoms with Crippen molar-refractivity contribution in [3.05, 3.63) is 70.5 Å². The second-order valence-electron chi connectivity index (χ2n) is 5.52. The first-order valence-corrected chi connectivity index (χ1v) is 10.8. The topological polar surface area (TPSA) is 92.3 Å². The van der Waals surface area contributed by atoms with Gasteiger partial charge in [-0.25, -0.2) is 17.5 Å². The van der Waals surface area contributed by atoms with Crippen molar-refractivity contribution in [1.29, 1.82) is 0 Å². The van der Waals surface area contributed by atoms with Crippen LogP contribution in [-0.4, -0.2) is 32.1 Å². The lowest BCUT2D eigenvalue weighted by molar-refractivity contribution is -0.118. The number of carbonyl (C=O) groups excluding carboxylic acids is 2. The van der Waals surface area contributed by atoms with Crippen LogP contribution >= 0.6 is 27.5 Å². The summed E-state index contributed by atoms with van der Waals surface area (Å²) in [5.74, 6) is -1.77. The Labute approximate surface area is 175 Å². The predicted molar refractivity (Wildman–Crippen MR) is 108 cm³/mol. The molecule has 2 aromatic rings. The van der Waals surface area contributed by atoms with Crippen LogP contribution in [0.3, 0.4) is 0 Å². The molecule has 0 unspecified atom stereocenters. The molecular weight excluding hydrogens is 475 g/mol. The number of hydrogen-bond donors (Lipinski definition) is 2. The number of benzene rings is 2. The molecule has 148 valence electrons. The van der Waals surface area contributed by atoms with Gasteiger partial charge in [0.15, 0.2) is 0 Å². The maximum atomic E-state index is 13.1. The van der Waals surface area contributed by atoms with E-state index in [0.717, 1.165) is 0 Å². The highest BCUT2D eigenvalue weighted by molar-refractivity contribution is 9.09. The molecule has 2 rings (SSSR count). The first-order valence-electron chi connectivity index (χ1n) is 7.83. The molecule has 0 aliphatic carbocycles. The Bertz CT molecular complexity index is 993. The molecule has 2 N–H and O–H groups in total. The van der Waals surface area contributed by atoms with Gasteiger partial charge in [-0.1, -0.05) is 39.7 Å². The predicted octanol–water partition coefficient (Wildman–Crippen LogP) is 2.88. The van der Waals surface area contributed by atoms with Gasteiger partial charge in [0.2, 0.25) is 5.91 Å². The average molecular weight is 490 g/mol. The van der Waals surface area contributed by atoms with Gasteiger partial charge in [-0.15, -0.1) is 0 Å². The van der Waals surface area contributed by atoms with Crippen LogP contribution in [0.15, 0.2) is 59.0 Å². The number of carbonyl (C=O) groups is 2. The maximum Gasteiger partial charge on any atom is 0.264 e. The summed E-state index contributed by atoms with van der Waals surface area (Å²) in [7, 11) is -4.15. The number of halogens is 3. The summed E-state index contributed by atoms with van der Waals surface area (Å²) < 4.78 is 39.8. The maximum absolute atomic E-state index is 13.1. The van der Waals surface area contributed by atoms with Crippen LogP contribution in [0.2, 0.25) is 5.02 Å². The van der Waals surface area contributed by atoms with Gasteiger partial charge in [-0.05, 0) is 48.0 Å². The van der Waals surface area contributed by atoms with Crippen molar-refractivity contribution >= 4 is 55.4 Å². The molecule has 0 aromatic heterocycles. The van der Waals surface area contributed by atoms with E-state index in [9.17, 15) is 22.4 Å². The SMILES string of the molecule is O=C(CBr)NC/C(=C\c1ccc(F)cc1)C(=O)NS(=O)(=O)c1ccc(Cl)cc1. The van der Waals surface area contributed by atoms with Crippen LogP contribution in [0.5, 0.6) is 0 Å². The van der Waals surface area contributed by atoms with Crippen molar-refractivity contribution in [1.82, 2.24) is 10.0 Å². The van der Waals surface area contributed by atoms with E-state index in [1.165, 1.54) is 54.6 Å². The molecule has 0 atom stereocenters. The largest absolute Gasteiger partial charge is 0.351 e. The molecule has 0 radical (unpaired) electrons. The number of sulfonamides is 1. The molecule has 0 heterocycles. The number of alkyl halides is 1. The molecule has 0 aliphatic heterocycles. The van der Waals surface area contributed by atoms with Gasteiger partial charge in [0.05, 0.1) is 10.2 Å². The zero-order chi connectivity index (χ0) is 20.7. The van der Waals surface area contributed by atoms with Gasteiger partial charge in [0, 0.05) is 17.1 Å². The Hall–Kier alpha value is -2.23. The average Bonchev–Trinajstić information content (AvgIpc) is 2.66. The Kier molecular flexibility index (Phi) is 7.73. The van der Waals surface area contributed by atoms with Crippen LogP contribution in [0.4, 0.5) is 4.39 Å². The molecule has 0 spiro atoms. The van der Waals surface area contributed by atoms with Crippen molar-refractivity contribution in [2.24, 2.45) is 0 Å². The van der Waals surface area contributed by atoms with E-state index in [2.05, 4.69) is 21.2 Å². The third-order valence-corrected chi connectivity index (χ3v) is 5.56. The molecule has 0 saturated heterocycles. The summed E-state index contributed by atoms with van der Waals surface area (Å²) in [5, 5.41) is 2.84. The Balaban J connectivity index is 2.28. The molecule has 0 bridgehead atoms. The summed E-state index contributed by atoms with van der Waals surface area (Å²) in [5.41, 5.74) is 0.432. The van der Waals surface area contributed by atoms with E-state index in [0.29, 0.717) is 10.6 Å². The second-order valence-corrected chi connectivity index (χ2v) is 8.20. The lowest BCUT2D eigenvalue weighted by Crippen LogP contribution is -2.36. The van der Waals surface area contributed by atoms with E-state index in [1.807, 2.05) is 4.72 Å². The molecule has 10 heteroatoms. The fourth-order valence-electron chi connectivity index (χ4n) is 2.06. The smallest absolute Gasteiger partial charge is 0.264 e. The van der Waals surface area contributed by atoms with Crippen molar-refractivity contribution in [2.45, 2.75) is 4.90 Å². The van der Waals surface area contributed by atoms with E-state index in [1.54, 1.807) is 0 Å².